The zero-order valence-corrected chi connectivity index (χ0v) is 19.0. The molecule has 1 aliphatic carbocycles. The van der Waals surface area contributed by atoms with Crippen molar-refractivity contribution in [1.82, 2.24) is 24.8 Å². The van der Waals surface area contributed by atoms with Gasteiger partial charge < -0.3 is 25.4 Å². The lowest BCUT2D eigenvalue weighted by Gasteiger charge is -2.18. The molecule has 170 valence electrons. The van der Waals surface area contributed by atoms with Crippen LogP contribution in [0.4, 0.5) is 5.82 Å². The molecule has 10 nitrogen and oxygen atoms in total. The van der Waals surface area contributed by atoms with Crippen LogP contribution in [0.2, 0.25) is 0 Å². The van der Waals surface area contributed by atoms with Crippen molar-refractivity contribution >= 4 is 53.9 Å². The number of aryl methyl sites for hydroxylation is 1. The zero-order valence-electron chi connectivity index (χ0n) is 18.2. The molecule has 4 rings (SSSR count). The Labute approximate surface area is 195 Å². The SMILES string of the molecule is [B]c1cc(O)c(O)cc1Sc1nc2c(NC(C)=O)ncnc2n1CCC(NC(C)=O)C1CC1. The fourth-order valence-corrected chi connectivity index (χ4v) is 4.64. The third kappa shape index (κ3) is 5.21. The largest absolute Gasteiger partial charge is 0.504 e. The fraction of sp³-hybridized carbons (Fsp3) is 0.381. The number of fused-ring (bicyclic) bond motifs is 1. The molecule has 1 aromatic carbocycles. The van der Waals surface area contributed by atoms with Crippen LogP contribution in [0.3, 0.4) is 0 Å². The standard InChI is InChI=1S/C21H23BN6O4S/c1-10(29)25-14(12-3-4-12)5-6-28-20-18(19(23-9-24-20)26-11(2)30)27-21(28)33-17-8-16(32)15(31)7-13(17)22/h7-9,12,14,31-32H,3-6H2,1-2H3,(H,25,29)(H,23,24,26,30). The molecule has 4 N–H and O–H groups in total. The van der Waals surface area contributed by atoms with Crippen molar-refractivity contribution < 1.29 is 19.8 Å². The molecule has 12 heteroatoms. The summed E-state index contributed by atoms with van der Waals surface area (Å²) < 4.78 is 1.88. The number of hydrogen-bond acceptors (Lipinski definition) is 8. The predicted octanol–water partition coefficient (Wildman–Crippen LogP) is 1.45. The molecule has 3 aromatic rings. The first-order valence-electron chi connectivity index (χ1n) is 10.5. The maximum Gasteiger partial charge on any atom is 0.222 e. The third-order valence-electron chi connectivity index (χ3n) is 5.34. The number of imidazole rings is 1. The summed E-state index contributed by atoms with van der Waals surface area (Å²) >= 11 is 1.19. The number of aromatic nitrogens is 4. The second-order valence-electron chi connectivity index (χ2n) is 8.04. The van der Waals surface area contributed by atoms with Crippen LogP contribution in [0.25, 0.3) is 11.2 Å². The number of anilines is 1. The van der Waals surface area contributed by atoms with Crippen molar-refractivity contribution in [3.05, 3.63) is 18.5 Å². The van der Waals surface area contributed by atoms with Crippen molar-refractivity contribution in [3.63, 3.8) is 0 Å². The number of nitrogens with one attached hydrogen (secondary N) is 2. The average molecular weight is 466 g/mol. The summed E-state index contributed by atoms with van der Waals surface area (Å²) in [5.74, 6) is -0.228. The Balaban J connectivity index is 1.73. The van der Waals surface area contributed by atoms with E-state index in [1.807, 2.05) is 4.57 Å². The molecule has 2 aromatic heterocycles. The lowest BCUT2D eigenvalue weighted by molar-refractivity contribution is -0.120. The van der Waals surface area contributed by atoms with Crippen LogP contribution < -0.4 is 16.1 Å². The number of rotatable bonds is 8. The molecule has 2 amide bonds. The van der Waals surface area contributed by atoms with Gasteiger partial charge in [0.05, 0.1) is 0 Å². The molecule has 33 heavy (non-hydrogen) atoms. The van der Waals surface area contributed by atoms with Crippen molar-refractivity contribution in [2.75, 3.05) is 5.32 Å². The molecule has 1 unspecified atom stereocenters. The van der Waals surface area contributed by atoms with Gasteiger partial charge in [0.2, 0.25) is 11.8 Å². The fourth-order valence-electron chi connectivity index (χ4n) is 3.67. The highest BCUT2D eigenvalue weighted by molar-refractivity contribution is 7.99. The minimum absolute atomic E-state index is 0.0391. The van der Waals surface area contributed by atoms with E-state index in [0.717, 1.165) is 12.8 Å². The zero-order chi connectivity index (χ0) is 23.7. The van der Waals surface area contributed by atoms with Gasteiger partial charge in [-0.15, -0.1) is 0 Å². The maximum absolute atomic E-state index is 11.7. The van der Waals surface area contributed by atoms with Crippen LogP contribution in [0.15, 0.2) is 28.5 Å². The van der Waals surface area contributed by atoms with E-state index in [1.165, 1.54) is 44.1 Å². The first-order valence-corrected chi connectivity index (χ1v) is 11.3. The molecule has 2 heterocycles. The molecule has 0 spiro atoms. The number of carbonyl (C=O) groups excluding carboxylic acids is 2. The van der Waals surface area contributed by atoms with Gasteiger partial charge in [-0.05, 0) is 37.3 Å². The summed E-state index contributed by atoms with van der Waals surface area (Å²) in [6.07, 6.45) is 4.18. The minimum atomic E-state index is -0.313. The molecule has 1 aliphatic rings. The van der Waals surface area contributed by atoms with E-state index in [2.05, 4.69) is 25.6 Å². The number of nitrogens with zero attached hydrogens (tertiary/aromatic N) is 4. The first kappa shape index (κ1) is 22.9. The predicted molar refractivity (Wildman–Crippen MR) is 124 cm³/mol. The molecular weight excluding hydrogens is 443 g/mol. The molecule has 0 saturated heterocycles. The van der Waals surface area contributed by atoms with Gasteiger partial charge in [0.25, 0.3) is 0 Å². The van der Waals surface area contributed by atoms with Crippen LogP contribution in [0.5, 0.6) is 11.5 Å². The Bertz CT molecular complexity index is 1230. The molecule has 0 aliphatic heterocycles. The molecule has 1 atom stereocenters. The molecular formula is C21H23BN6O4S. The van der Waals surface area contributed by atoms with E-state index in [9.17, 15) is 19.8 Å². The van der Waals surface area contributed by atoms with Crippen LogP contribution in [-0.4, -0.2) is 55.4 Å². The van der Waals surface area contributed by atoms with Crippen LogP contribution in [0, 0.1) is 5.92 Å². The molecule has 1 saturated carbocycles. The Morgan fingerprint density at radius 2 is 1.94 bits per heavy atom. The lowest BCUT2D eigenvalue weighted by atomic mass is 9.96. The second kappa shape index (κ2) is 9.30. The van der Waals surface area contributed by atoms with E-state index in [1.54, 1.807) is 0 Å². The normalized spacial score (nSPS) is 14.2. The van der Waals surface area contributed by atoms with Gasteiger partial charge in [-0.1, -0.05) is 17.2 Å². The number of aromatic hydroxyl groups is 2. The van der Waals surface area contributed by atoms with Crippen molar-refractivity contribution in [2.45, 2.75) is 55.7 Å². The van der Waals surface area contributed by atoms with Gasteiger partial charge in [-0.3, -0.25) is 9.59 Å². The molecule has 1 fully saturated rings. The van der Waals surface area contributed by atoms with Gasteiger partial charge in [-0.25, -0.2) is 15.0 Å². The summed E-state index contributed by atoms with van der Waals surface area (Å²) in [6, 6.07) is 2.67. The van der Waals surface area contributed by atoms with E-state index in [-0.39, 0.29) is 40.6 Å². The maximum atomic E-state index is 11.7. The van der Waals surface area contributed by atoms with E-state index >= 15 is 0 Å². The van der Waals surface area contributed by atoms with Crippen molar-refractivity contribution in [3.8, 4) is 11.5 Å². The number of hydrogen-bond donors (Lipinski definition) is 4. The number of amides is 2. The average Bonchev–Trinajstić information content (AvgIpc) is 3.52. The number of phenols is 2. The summed E-state index contributed by atoms with van der Waals surface area (Å²) in [7, 11) is 6.04. The van der Waals surface area contributed by atoms with Gasteiger partial charge in [0, 0.05) is 31.3 Å². The quantitative estimate of drug-likeness (QED) is 0.289. The van der Waals surface area contributed by atoms with Crippen LogP contribution >= 0.6 is 11.8 Å². The van der Waals surface area contributed by atoms with Crippen molar-refractivity contribution in [1.29, 1.82) is 0 Å². The number of phenolic OH excluding ortho intramolecular Hbond substituents is 2. The second-order valence-corrected chi connectivity index (χ2v) is 9.04. The Morgan fingerprint density at radius 3 is 2.61 bits per heavy atom. The highest BCUT2D eigenvalue weighted by Gasteiger charge is 2.32. The monoisotopic (exact) mass is 466 g/mol. The lowest BCUT2D eigenvalue weighted by Crippen LogP contribution is -2.35. The van der Waals surface area contributed by atoms with Gasteiger partial charge in [0.1, 0.15) is 14.2 Å². The van der Waals surface area contributed by atoms with E-state index in [0.29, 0.717) is 40.1 Å². The van der Waals surface area contributed by atoms with E-state index < -0.39 is 0 Å². The summed E-state index contributed by atoms with van der Waals surface area (Å²) in [6.45, 7) is 3.39. The first-order chi connectivity index (χ1) is 15.7. The van der Waals surface area contributed by atoms with Crippen LogP contribution in [-0.2, 0) is 16.1 Å². The Morgan fingerprint density at radius 1 is 1.21 bits per heavy atom. The van der Waals surface area contributed by atoms with Crippen molar-refractivity contribution in [2.24, 2.45) is 5.92 Å². The number of benzene rings is 1. The highest BCUT2D eigenvalue weighted by Crippen LogP contribution is 2.37. The summed E-state index contributed by atoms with van der Waals surface area (Å²) in [5, 5.41) is 25.8. The highest BCUT2D eigenvalue weighted by atomic mass is 32.2. The van der Waals surface area contributed by atoms with Gasteiger partial charge >= 0.3 is 0 Å². The summed E-state index contributed by atoms with van der Waals surface area (Å²) in [5.41, 5.74) is 1.21. The molecule has 0 bridgehead atoms. The van der Waals surface area contributed by atoms with E-state index in [4.69, 9.17) is 7.85 Å². The Kier molecular flexibility index (Phi) is 6.45. The number of carbonyl (C=O) groups is 2. The summed E-state index contributed by atoms with van der Waals surface area (Å²) in [4.78, 5) is 37.0. The Hall–Kier alpha value is -3.28. The topological polar surface area (TPSA) is 142 Å². The third-order valence-corrected chi connectivity index (χ3v) is 6.41. The minimum Gasteiger partial charge on any atom is -0.504 e. The van der Waals surface area contributed by atoms with Gasteiger partial charge in [0.15, 0.2) is 33.6 Å². The van der Waals surface area contributed by atoms with Crippen LogP contribution in [0.1, 0.15) is 33.1 Å². The molecule has 2 radical (unpaired) electrons. The smallest absolute Gasteiger partial charge is 0.222 e. The van der Waals surface area contributed by atoms with Gasteiger partial charge in [-0.2, -0.15) is 0 Å².